The standard InChI is InChI=1S/C17H17N3O3S/c1-4-7-23-12-6-5-10(8-13(12)22-3)11-9-14(21)19-16-15(11)24-17(18-2)20-16/h1,5-6,8,11H,7,9H2,2-3H3,(H,18,20)(H,19,21). The van der Waals surface area contributed by atoms with Crippen LogP contribution in [-0.2, 0) is 4.79 Å². The molecule has 0 radical (unpaired) electrons. The van der Waals surface area contributed by atoms with Crippen LogP contribution in [0, 0.1) is 12.3 Å². The van der Waals surface area contributed by atoms with Crippen molar-refractivity contribution in [3.63, 3.8) is 0 Å². The molecule has 1 aliphatic rings. The summed E-state index contributed by atoms with van der Waals surface area (Å²) in [7, 11) is 3.38. The van der Waals surface area contributed by atoms with Crippen LogP contribution in [0.1, 0.15) is 22.8 Å². The van der Waals surface area contributed by atoms with Crippen molar-refractivity contribution in [2.24, 2.45) is 0 Å². The van der Waals surface area contributed by atoms with Crippen molar-refractivity contribution in [2.75, 3.05) is 31.4 Å². The second kappa shape index (κ2) is 6.81. The average Bonchev–Trinajstić information content (AvgIpc) is 3.02. The maximum atomic E-state index is 12.0. The van der Waals surface area contributed by atoms with Gasteiger partial charge in [0, 0.05) is 19.4 Å². The SMILES string of the molecule is C#CCOc1ccc(C2CC(=O)Nc3nc(NC)sc32)cc1OC. The summed E-state index contributed by atoms with van der Waals surface area (Å²) in [5, 5.41) is 6.61. The van der Waals surface area contributed by atoms with E-state index in [1.807, 2.05) is 25.2 Å². The number of fused-ring (bicyclic) bond motifs is 1. The third kappa shape index (κ3) is 3.01. The van der Waals surface area contributed by atoms with E-state index in [0.29, 0.717) is 23.7 Å². The monoisotopic (exact) mass is 343 g/mol. The molecule has 0 fully saturated rings. The first-order valence-corrected chi connectivity index (χ1v) is 8.20. The zero-order valence-electron chi connectivity index (χ0n) is 13.4. The quantitative estimate of drug-likeness (QED) is 0.817. The Morgan fingerprint density at radius 2 is 2.33 bits per heavy atom. The summed E-state index contributed by atoms with van der Waals surface area (Å²) in [6.45, 7) is 0.173. The molecule has 24 heavy (non-hydrogen) atoms. The highest BCUT2D eigenvalue weighted by Crippen LogP contribution is 2.43. The fourth-order valence-corrected chi connectivity index (χ4v) is 3.64. The minimum Gasteiger partial charge on any atom is -0.493 e. The number of aromatic nitrogens is 1. The number of benzene rings is 1. The number of amides is 1. The van der Waals surface area contributed by atoms with Crippen LogP contribution in [0.25, 0.3) is 0 Å². The van der Waals surface area contributed by atoms with Gasteiger partial charge in [0.1, 0.15) is 12.4 Å². The first-order chi connectivity index (χ1) is 11.7. The average molecular weight is 343 g/mol. The second-order valence-electron chi connectivity index (χ2n) is 5.19. The molecule has 1 aromatic heterocycles. The van der Waals surface area contributed by atoms with E-state index < -0.39 is 0 Å². The summed E-state index contributed by atoms with van der Waals surface area (Å²) in [6, 6.07) is 5.63. The zero-order valence-corrected chi connectivity index (χ0v) is 14.2. The molecule has 124 valence electrons. The van der Waals surface area contributed by atoms with Crippen LogP contribution in [0.4, 0.5) is 10.9 Å². The lowest BCUT2D eigenvalue weighted by Gasteiger charge is -2.22. The van der Waals surface area contributed by atoms with Gasteiger partial charge in [-0.2, -0.15) is 0 Å². The molecule has 2 N–H and O–H groups in total. The topological polar surface area (TPSA) is 72.5 Å². The Morgan fingerprint density at radius 3 is 3.04 bits per heavy atom. The van der Waals surface area contributed by atoms with Gasteiger partial charge in [-0.1, -0.05) is 23.3 Å². The van der Waals surface area contributed by atoms with E-state index in [4.69, 9.17) is 15.9 Å². The number of terminal acetylenes is 1. The Balaban J connectivity index is 1.98. The molecule has 1 aromatic carbocycles. The Labute approximate surface area is 144 Å². The van der Waals surface area contributed by atoms with Crippen LogP contribution < -0.4 is 20.1 Å². The summed E-state index contributed by atoms with van der Waals surface area (Å²) < 4.78 is 10.9. The fourth-order valence-electron chi connectivity index (χ4n) is 2.63. The van der Waals surface area contributed by atoms with Crippen LogP contribution in [0.5, 0.6) is 11.5 Å². The number of thiazole rings is 1. The van der Waals surface area contributed by atoms with E-state index >= 15 is 0 Å². The Hall–Kier alpha value is -2.72. The first kappa shape index (κ1) is 16.1. The molecular formula is C17H17N3O3S. The van der Waals surface area contributed by atoms with Gasteiger partial charge in [-0.15, -0.1) is 6.42 Å². The van der Waals surface area contributed by atoms with Crippen LogP contribution in [-0.4, -0.2) is 31.7 Å². The Morgan fingerprint density at radius 1 is 1.50 bits per heavy atom. The molecule has 0 aliphatic carbocycles. The highest BCUT2D eigenvalue weighted by atomic mass is 32.1. The number of nitrogens with one attached hydrogen (secondary N) is 2. The molecule has 0 spiro atoms. The van der Waals surface area contributed by atoms with Gasteiger partial charge >= 0.3 is 0 Å². The number of anilines is 2. The van der Waals surface area contributed by atoms with Crippen molar-refractivity contribution >= 4 is 28.2 Å². The van der Waals surface area contributed by atoms with Crippen molar-refractivity contribution in [3.8, 4) is 23.8 Å². The molecule has 1 aliphatic heterocycles. The number of hydrogen-bond donors (Lipinski definition) is 2. The zero-order chi connectivity index (χ0) is 17.1. The molecule has 1 unspecified atom stereocenters. The predicted molar refractivity (Wildman–Crippen MR) is 94.1 cm³/mol. The van der Waals surface area contributed by atoms with Gasteiger partial charge in [0.05, 0.1) is 12.0 Å². The largest absolute Gasteiger partial charge is 0.493 e. The summed E-state index contributed by atoms with van der Waals surface area (Å²) in [5.74, 6) is 4.11. The summed E-state index contributed by atoms with van der Waals surface area (Å²) in [6.07, 6.45) is 5.59. The molecule has 6 nitrogen and oxygen atoms in total. The van der Waals surface area contributed by atoms with Crippen LogP contribution >= 0.6 is 11.3 Å². The van der Waals surface area contributed by atoms with Gasteiger partial charge in [0.15, 0.2) is 16.6 Å². The van der Waals surface area contributed by atoms with Gasteiger partial charge < -0.3 is 20.1 Å². The van der Waals surface area contributed by atoms with E-state index in [-0.39, 0.29) is 18.4 Å². The number of rotatable bonds is 5. The molecule has 2 aromatic rings. The minimum atomic E-state index is -0.0658. The lowest BCUT2D eigenvalue weighted by molar-refractivity contribution is -0.116. The predicted octanol–water partition coefficient (Wildman–Crippen LogP) is 2.68. The molecule has 0 saturated heterocycles. The fraction of sp³-hybridized carbons (Fsp3) is 0.294. The van der Waals surface area contributed by atoms with E-state index in [0.717, 1.165) is 15.6 Å². The second-order valence-corrected chi connectivity index (χ2v) is 6.22. The molecule has 1 atom stereocenters. The van der Waals surface area contributed by atoms with Gasteiger partial charge in [-0.05, 0) is 17.7 Å². The van der Waals surface area contributed by atoms with Gasteiger partial charge in [0.25, 0.3) is 0 Å². The number of ether oxygens (including phenoxy) is 2. The van der Waals surface area contributed by atoms with Gasteiger partial charge in [-0.25, -0.2) is 4.98 Å². The highest BCUT2D eigenvalue weighted by Gasteiger charge is 2.30. The molecule has 0 bridgehead atoms. The maximum absolute atomic E-state index is 12.0. The molecule has 1 amide bonds. The summed E-state index contributed by atoms with van der Waals surface area (Å²) in [4.78, 5) is 17.4. The minimum absolute atomic E-state index is 0.0490. The van der Waals surface area contributed by atoms with E-state index in [2.05, 4.69) is 21.5 Å². The van der Waals surface area contributed by atoms with E-state index in [9.17, 15) is 4.79 Å². The number of carbonyl (C=O) groups excluding carboxylic acids is 1. The van der Waals surface area contributed by atoms with E-state index in [1.54, 1.807) is 7.11 Å². The third-order valence-electron chi connectivity index (χ3n) is 3.73. The summed E-state index contributed by atoms with van der Waals surface area (Å²) >= 11 is 1.54. The molecular weight excluding hydrogens is 326 g/mol. The number of methoxy groups -OCH3 is 1. The normalized spacial score (nSPS) is 15.9. The lowest BCUT2D eigenvalue weighted by atomic mass is 9.91. The number of nitrogens with zero attached hydrogens (tertiary/aromatic N) is 1. The third-order valence-corrected chi connectivity index (χ3v) is 4.92. The van der Waals surface area contributed by atoms with Gasteiger partial charge in [0.2, 0.25) is 5.91 Å². The summed E-state index contributed by atoms with van der Waals surface area (Å²) in [5.41, 5.74) is 0.974. The smallest absolute Gasteiger partial charge is 0.226 e. The number of hydrogen-bond acceptors (Lipinski definition) is 6. The molecule has 7 heteroatoms. The number of carbonyl (C=O) groups is 1. The first-order valence-electron chi connectivity index (χ1n) is 7.38. The van der Waals surface area contributed by atoms with Crippen molar-refractivity contribution in [3.05, 3.63) is 28.6 Å². The highest BCUT2D eigenvalue weighted by molar-refractivity contribution is 7.16. The van der Waals surface area contributed by atoms with Crippen LogP contribution in [0.3, 0.4) is 0 Å². The lowest BCUT2D eigenvalue weighted by Crippen LogP contribution is -2.22. The van der Waals surface area contributed by atoms with Crippen LogP contribution in [0.15, 0.2) is 18.2 Å². The molecule has 2 heterocycles. The van der Waals surface area contributed by atoms with Crippen molar-refractivity contribution < 1.29 is 14.3 Å². The van der Waals surface area contributed by atoms with Crippen molar-refractivity contribution in [1.29, 1.82) is 0 Å². The van der Waals surface area contributed by atoms with Gasteiger partial charge in [-0.3, -0.25) is 4.79 Å². The molecule has 3 rings (SSSR count). The van der Waals surface area contributed by atoms with Crippen LogP contribution in [0.2, 0.25) is 0 Å². The Kier molecular flexibility index (Phi) is 4.58. The van der Waals surface area contributed by atoms with Crippen molar-refractivity contribution in [1.82, 2.24) is 4.98 Å². The maximum Gasteiger partial charge on any atom is 0.226 e. The van der Waals surface area contributed by atoms with Crippen molar-refractivity contribution in [2.45, 2.75) is 12.3 Å². The van der Waals surface area contributed by atoms with E-state index in [1.165, 1.54) is 11.3 Å². The Bertz CT molecular complexity index is 810. The molecule has 0 saturated carbocycles.